The van der Waals surface area contributed by atoms with Crippen LogP contribution in [0.5, 0.6) is 0 Å². The predicted octanol–water partition coefficient (Wildman–Crippen LogP) is 3.02. The Kier molecular flexibility index (Phi) is 5.71. The monoisotopic (exact) mass is 421 g/mol. The highest BCUT2D eigenvalue weighted by atomic mass is 79.9. The molecule has 5 nitrogen and oxygen atoms in total. The van der Waals surface area contributed by atoms with Gasteiger partial charge >= 0.3 is 0 Å². The zero-order chi connectivity index (χ0) is 17.8. The van der Waals surface area contributed by atoms with Crippen molar-refractivity contribution in [2.75, 3.05) is 26.2 Å². The maximum atomic E-state index is 12.6. The minimum absolute atomic E-state index is 0.0347. The third-order valence-corrected chi connectivity index (χ3v) is 4.95. The van der Waals surface area contributed by atoms with Gasteiger partial charge in [-0.1, -0.05) is 33.6 Å². The number of nitrogens with zero attached hydrogens (tertiary/aromatic N) is 3. The molecule has 7 heteroatoms. The molecule has 0 atom stereocenters. The molecule has 0 saturated carbocycles. The fourth-order valence-electron chi connectivity index (χ4n) is 2.76. The van der Waals surface area contributed by atoms with Crippen LogP contribution in [0.15, 0.2) is 47.1 Å². The summed E-state index contributed by atoms with van der Waals surface area (Å²) in [5, 5.41) is 0.424. The molecule has 0 aliphatic carbocycles. The lowest BCUT2D eigenvalue weighted by Gasteiger charge is -2.35. The molecule has 1 fully saturated rings. The van der Waals surface area contributed by atoms with Gasteiger partial charge in [0.25, 0.3) is 5.91 Å². The molecule has 3 rings (SSSR count). The minimum Gasteiger partial charge on any atom is -0.339 e. The van der Waals surface area contributed by atoms with Gasteiger partial charge in [0.1, 0.15) is 0 Å². The minimum atomic E-state index is -0.102. The van der Waals surface area contributed by atoms with E-state index in [2.05, 4.69) is 20.9 Å². The van der Waals surface area contributed by atoms with Gasteiger partial charge in [-0.3, -0.25) is 14.6 Å². The molecule has 2 amide bonds. The van der Waals surface area contributed by atoms with Crippen molar-refractivity contribution in [1.82, 2.24) is 14.8 Å². The van der Waals surface area contributed by atoms with Crippen LogP contribution in [0.4, 0.5) is 0 Å². The second-order valence-corrected chi connectivity index (χ2v) is 7.12. The van der Waals surface area contributed by atoms with Gasteiger partial charge < -0.3 is 9.80 Å². The molecule has 1 aliphatic rings. The van der Waals surface area contributed by atoms with Crippen LogP contribution in [0.3, 0.4) is 0 Å². The van der Waals surface area contributed by atoms with Crippen LogP contribution in [-0.2, 0) is 11.2 Å². The summed E-state index contributed by atoms with van der Waals surface area (Å²) in [6, 6.07) is 10.8. The van der Waals surface area contributed by atoms with Gasteiger partial charge in [-0.2, -0.15) is 0 Å². The number of hydrogen-bond donors (Lipinski definition) is 0. The summed E-state index contributed by atoms with van der Waals surface area (Å²) in [6.07, 6.45) is 1.97. The Morgan fingerprint density at radius 1 is 1.08 bits per heavy atom. The lowest BCUT2D eigenvalue weighted by atomic mass is 10.1. The number of benzene rings is 1. The van der Waals surface area contributed by atoms with Crippen LogP contribution in [0, 0.1) is 0 Å². The second kappa shape index (κ2) is 7.97. The van der Waals surface area contributed by atoms with Crippen molar-refractivity contribution in [2.24, 2.45) is 0 Å². The summed E-state index contributed by atoms with van der Waals surface area (Å²) in [7, 11) is 0. The predicted molar refractivity (Wildman–Crippen MR) is 99.6 cm³/mol. The fraction of sp³-hybridized carbons (Fsp3) is 0.278. The van der Waals surface area contributed by atoms with Gasteiger partial charge in [0, 0.05) is 42.5 Å². The van der Waals surface area contributed by atoms with Gasteiger partial charge in [-0.05, 0) is 30.3 Å². The topological polar surface area (TPSA) is 53.5 Å². The van der Waals surface area contributed by atoms with E-state index in [1.165, 1.54) is 0 Å². The highest BCUT2D eigenvalue weighted by molar-refractivity contribution is 9.10. The van der Waals surface area contributed by atoms with E-state index in [-0.39, 0.29) is 18.2 Å². The molecule has 0 N–H and O–H groups in total. The number of halogens is 2. The molecule has 1 aromatic heterocycles. The van der Waals surface area contributed by atoms with Crippen LogP contribution >= 0.6 is 27.5 Å². The van der Waals surface area contributed by atoms with Crippen molar-refractivity contribution >= 4 is 39.3 Å². The maximum absolute atomic E-state index is 12.6. The van der Waals surface area contributed by atoms with E-state index >= 15 is 0 Å². The molecule has 0 unspecified atom stereocenters. The first kappa shape index (κ1) is 17.9. The number of piperazine rings is 1. The Hall–Kier alpha value is -1.92. The van der Waals surface area contributed by atoms with Crippen LogP contribution in [0.25, 0.3) is 0 Å². The Morgan fingerprint density at radius 2 is 1.80 bits per heavy atom. The smallest absolute Gasteiger partial charge is 0.255 e. The fourth-order valence-corrected chi connectivity index (χ4v) is 3.52. The molecule has 0 radical (unpaired) electrons. The number of amides is 2. The van der Waals surface area contributed by atoms with Gasteiger partial charge in [0.2, 0.25) is 5.91 Å². The van der Waals surface area contributed by atoms with Crippen LogP contribution in [0.1, 0.15) is 16.1 Å². The standard InChI is InChI=1S/C18H17BrClN3O2/c19-13-4-5-15(16(20)11-13)18(25)23-9-7-22(8-10-23)17(24)12-14-3-1-2-6-21-14/h1-6,11H,7-10,12H2. The molecular formula is C18H17BrClN3O2. The third-order valence-electron chi connectivity index (χ3n) is 4.14. The summed E-state index contributed by atoms with van der Waals surface area (Å²) in [4.78, 5) is 32.7. The normalized spacial score (nSPS) is 14.5. The van der Waals surface area contributed by atoms with Gasteiger partial charge in [0.05, 0.1) is 17.0 Å². The molecule has 2 heterocycles. The highest BCUT2D eigenvalue weighted by Crippen LogP contribution is 2.23. The van der Waals surface area contributed by atoms with Crippen molar-refractivity contribution in [3.63, 3.8) is 0 Å². The molecule has 1 saturated heterocycles. The summed E-state index contributed by atoms with van der Waals surface area (Å²) < 4.78 is 0.832. The van der Waals surface area contributed by atoms with E-state index in [1.54, 1.807) is 34.2 Å². The summed E-state index contributed by atoms with van der Waals surface area (Å²) in [6.45, 7) is 2.04. The number of carbonyl (C=O) groups is 2. The average Bonchev–Trinajstić information content (AvgIpc) is 2.62. The van der Waals surface area contributed by atoms with Crippen molar-refractivity contribution in [2.45, 2.75) is 6.42 Å². The van der Waals surface area contributed by atoms with E-state index in [0.717, 1.165) is 10.2 Å². The molecular weight excluding hydrogens is 406 g/mol. The number of pyridine rings is 1. The van der Waals surface area contributed by atoms with E-state index in [1.807, 2.05) is 18.2 Å². The third kappa shape index (κ3) is 4.38. The second-order valence-electron chi connectivity index (χ2n) is 5.80. The number of hydrogen-bond acceptors (Lipinski definition) is 3. The number of aromatic nitrogens is 1. The lowest BCUT2D eigenvalue weighted by molar-refractivity contribution is -0.132. The average molecular weight is 423 g/mol. The zero-order valence-corrected chi connectivity index (χ0v) is 15.8. The van der Waals surface area contributed by atoms with E-state index in [9.17, 15) is 9.59 Å². The maximum Gasteiger partial charge on any atom is 0.255 e. The Balaban J connectivity index is 1.58. The highest BCUT2D eigenvalue weighted by Gasteiger charge is 2.26. The zero-order valence-electron chi connectivity index (χ0n) is 13.5. The first-order valence-corrected chi connectivity index (χ1v) is 9.13. The van der Waals surface area contributed by atoms with Gasteiger partial charge in [-0.25, -0.2) is 0 Å². The first-order chi connectivity index (χ1) is 12.0. The molecule has 0 spiro atoms. The molecule has 0 bridgehead atoms. The van der Waals surface area contributed by atoms with Crippen molar-refractivity contribution < 1.29 is 9.59 Å². The van der Waals surface area contributed by atoms with Gasteiger partial charge in [0.15, 0.2) is 0 Å². The van der Waals surface area contributed by atoms with Crippen LogP contribution in [-0.4, -0.2) is 52.8 Å². The molecule has 1 aliphatic heterocycles. The lowest BCUT2D eigenvalue weighted by Crippen LogP contribution is -2.51. The Morgan fingerprint density at radius 3 is 2.44 bits per heavy atom. The summed E-state index contributed by atoms with van der Waals surface area (Å²) >= 11 is 9.50. The van der Waals surface area contributed by atoms with Crippen molar-refractivity contribution in [1.29, 1.82) is 0 Å². The van der Waals surface area contributed by atoms with Crippen LogP contribution < -0.4 is 0 Å². The summed E-state index contributed by atoms with van der Waals surface area (Å²) in [5.41, 5.74) is 1.24. The largest absolute Gasteiger partial charge is 0.339 e. The van der Waals surface area contributed by atoms with E-state index < -0.39 is 0 Å². The Bertz CT molecular complexity index is 777. The Labute approximate surface area is 159 Å². The summed E-state index contributed by atoms with van der Waals surface area (Å²) in [5.74, 6) is -0.0678. The van der Waals surface area contributed by atoms with E-state index in [0.29, 0.717) is 36.8 Å². The molecule has 2 aromatic rings. The van der Waals surface area contributed by atoms with Crippen molar-refractivity contribution in [3.05, 3.63) is 63.3 Å². The number of carbonyl (C=O) groups excluding carboxylic acids is 2. The molecule has 25 heavy (non-hydrogen) atoms. The molecule has 130 valence electrons. The van der Waals surface area contributed by atoms with Gasteiger partial charge in [-0.15, -0.1) is 0 Å². The van der Waals surface area contributed by atoms with E-state index in [4.69, 9.17) is 11.6 Å². The SMILES string of the molecule is O=C(Cc1ccccn1)N1CCN(C(=O)c2ccc(Br)cc2Cl)CC1. The quantitative estimate of drug-likeness (QED) is 0.764. The first-order valence-electron chi connectivity index (χ1n) is 7.96. The molecule has 1 aromatic carbocycles. The van der Waals surface area contributed by atoms with Crippen molar-refractivity contribution in [3.8, 4) is 0 Å². The number of rotatable bonds is 3. The van der Waals surface area contributed by atoms with Crippen LogP contribution in [0.2, 0.25) is 5.02 Å².